The van der Waals surface area contributed by atoms with E-state index in [1.807, 2.05) is 13.8 Å². The molecule has 2 atom stereocenters. The summed E-state index contributed by atoms with van der Waals surface area (Å²) in [6.45, 7) is 12.1. The largest absolute Gasteiger partial charge is 0.507 e. The summed E-state index contributed by atoms with van der Waals surface area (Å²) < 4.78 is 10.7. The molecule has 2 unspecified atom stereocenters. The molecule has 0 spiro atoms. The number of benzene rings is 2. The summed E-state index contributed by atoms with van der Waals surface area (Å²) in [6.07, 6.45) is -1.04. The van der Waals surface area contributed by atoms with Crippen molar-refractivity contribution in [1.29, 1.82) is 0 Å². The van der Waals surface area contributed by atoms with Crippen molar-refractivity contribution in [3.05, 3.63) is 83.0 Å². The van der Waals surface area contributed by atoms with Gasteiger partial charge in [0, 0.05) is 12.8 Å². The first-order valence-electron chi connectivity index (χ1n) is 11.1. The van der Waals surface area contributed by atoms with Crippen molar-refractivity contribution < 1.29 is 34.7 Å². The highest BCUT2D eigenvalue weighted by molar-refractivity contribution is 6.12. The Morgan fingerprint density at radius 1 is 0.794 bits per heavy atom. The summed E-state index contributed by atoms with van der Waals surface area (Å²) in [4.78, 5) is 12.9. The van der Waals surface area contributed by atoms with Crippen molar-refractivity contribution in [1.82, 2.24) is 0 Å². The van der Waals surface area contributed by atoms with Crippen LogP contribution in [0.3, 0.4) is 0 Å². The van der Waals surface area contributed by atoms with E-state index in [9.17, 15) is 25.2 Å². The van der Waals surface area contributed by atoms with E-state index in [0.717, 1.165) is 11.1 Å². The van der Waals surface area contributed by atoms with Gasteiger partial charge in [0.1, 0.15) is 11.5 Å². The van der Waals surface area contributed by atoms with Gasteiger partial charge < -0.3 is 29.9 Å². The molecule has 0 aliphatic rings. The van der Waals surface area contributed by atoms with Crippen LogP contribution in [0.2, 0.25) is 0 Å². The second-order valence-corrected chi connectivity index (χ2v) is 8.69. The third-order valence-electron chi connectivity index (χ3n) is 4.87. The van der Waals surface area contributed by atoms with Crippen molar-refractivity contribution in [3.63, 3.8) is 0 Å². The smallest absolute Gasteiger partial charge is 0.200 e. The molecule has 0 heterocycles. The molecule has 0 saturated carbocycles. The molecule has 7 heteroatoms. The van der Waals surface area contributed by atoms with Crippen molar-refractivity contribution in [2.24, 2.45) is 0 Å². The Hall–Kier alpha value is -2.97. The average Bonchev–Trinajstić information content (AvgIpc) is 2.73. The maximum atomic E-state index is 12.9. The summed E-state index contributed by atoms with van der Waals surface area (Å²) in [5.74, 6) is -1.03. The van der Waals surface area contributed by atoms with Crippen molar-refractivity contribution >= 4 is 5.78 Å². The summed E-state index contributed by atoms with van der Waals surface area (Å²) in [6, 6.07) is 9.04. The highest BCUT2D eigenvalue weighted by atomic mass is 16.5. The predicted octanol–water partition coefficient (Wildman–Crippen LogP) is 3.32. The zero-order valence-corrected chi connectivity index (χ0v) is 19.8. The second-order valence-electron chi connectivity index (χ2n) is 8.69. The molecule has 2 rings (SSSR count). The zero-order valence-electron chi connectivity index (χ0n) is 19.8. The molecule has 0 aliphatic heterocycles. The van der Waals surface area contributed by atoms with Crippen molar-refractivity contribution in [2.75, 3.05) is 26.4 Å². The molecule has 0 aromatic heterocycles. The fourth-order valence-corrected chi connectivity index (χ4v) is 3.34. The number of ketones is 1. The Labute approximate surface area is 200 Å². The van der Waals surface area contributed by atoms with Gasteiger partial charge in [0.2, 0.25) is 0 Å². The predicted molar refractivity (Wildman–Crippen MR) is 130 cm³/mol. The molecule has 4 N–H and O–H groups in total. The molecule has 0 saturated heterocycles. The standard InChI is InChI=1S/C27H34O7/c1-17(2)13-33-15-21(28)9-19-5-7-23(25(30)11-19)27(32)24-8-6-20(12-26(24)31)10-22(29)16-34-14-18(3)4/h5-8,11-12,21-22,28-31H,1,3,9-10,13-16H2,2,4H3. The van der Waals surface area contributed by atoms with Gasteiger partial charge in [0.15, 0.2) is 5.78 Å². The van der Waals surface area contributed by atoms with Crippen LogP contribution in [0.4, 0.5) is 0 Å². The van der Waals surface area contributed by atoms with Crippen LogP contribution in [0.25, 0.3) is 0 Å². The molecule has 34 heavy (non-hydrogen) atoms. The molecule has 184 valence electrons. The fourth-order valence-electron chi connectivity index (χ4n) is 3.34. The molecule has 2 aromatic carbocycles. The number of hydrogen-bond acceptors (Lipinski definition) is 7. The van der Waals surface area contributed by atoms with Gasteiger partial charge in [0.25, 0.3) is 0 Å². The van der Waals surface area contributed by atoms with E-state index in [-0.39, 0.29) is 48.7 Å². The Morgan fingerprint density at radius 3 is 1.50 bits per heavy atom. The monoisotopic (exact) mass is 470 g/mol. The molecular weight excluding hydrogens is 436 g/mol. The lowest BCUT2D eigenvalue weighted by Gasteiger charge is -2.14. The van der Waals surface area contributed by atoms with E-state index in [1.54, 1.807) is 12.1 Å². The number of rotatable bonds is 14. The maximum absolute atomic E-state index is 12.9. The van der Waals surface area contributed by atoms with Crippen LogP contribution in [0.15, 0.2) is 60.7 Å². The van der Waals surface area contributed by atoms with Crippen LogP contribution >= 0.6 is 0 Å². The number of aliphatic hydroxyl groups is 2. The summed E-state index contributed by atoms with van der Waals surface area (Å²) in [5, 5.41) is 41.0. The van der Waals surface area contributed by atoms with Gasteiger partial charge in [-0.15, -0.1) is 0 Å². The molecule has 0 radical (unpaired) electrons. The van der Waals surface area contributed by atoms with Crippen molar-refractivity contribution in [3.8, 4) is 11.5 Å². The van der Waals surface area contributed by atoms with E-state index in [2.05, 4.69) is 13.2 Å². The van der Waals surface area contributed by atoms with E-state index in [4.69, 9.17) is 9.47 Å². The Morgan fingerprint density at radius 2 is 1.18 bits per heavy atom. The number of aliphatic hydroxyl groups excluding tert-OH is 2. The van der Waals surface area contributed by atoms with Crippen LogP contribution in [0.1, 0.15) is 40.9 Å². The first-order chi connectivity index (χ1) is 16.1. The van der Waals surface area contributed by atoms with Gasteiger partial charge in [-0.2, -0.15) is 0 Å². The Kier molecular flexibility index (Phi) is 10.5. The lowest BCUT2D eigenvalue weighted by atomic mass is 9.97. The SMILES string of the molecule is C=C(C)COCC(O)Cc1ccc(C(=O)c2ccc(CC(O)COCC(=C)C)cc2O)c(O)c1. The Balaban J connectivity index is 2.01. The summed E-state index contributed by atoms with van der Waals surface area (Å²) in [7, 11) is 0. The molecule has 2 aromatic rings. The van der Waals surface area contributed by atoms with Crippen LogP contribution in [0.5, 0.6) is 11.5 Å². The zero-order chi connectivity index (χ0) is 25.3. The quantitative estimate of drug-likeness (QED) is 0.247. The fraction of sp³-hybridized carbons (Fsp3) is 0.370. The normalized spacial score (nSPS) is 12.8. The first kappa shape index (κ1) is 27.3. The first-order valence-corrected chi connectivity index (χ1v) is 11.1. The highest BCUT2D eigenvalue weighted by Gasteiger charge is 2.19. The third kappa shape index (κ3) is 8.76. The molecule has 0 aliphatic carbocycles. The minimum absolute atomic E-state index is 0.0352. The number of aromatic hydroxyl groups is 2. The van der Waals surface area contributed by atoms with E-state index < -0.39 is 18.0 Å². The van der Waals surface area contributed by atoms with Gasteiger partial charge in [-0.05, 0) is 49.2 Å². The molecular formula is C27H34O7. The van der Waals surface area contributed by atoms with E-state index >= 15 is 0 Å². The van der Waals surface area contributed by atoms with Crippen LogP contribution in [-0.4, -0.2) is 64.8 Å². The van der Waals surface area contributed by atoms with Crippen LogP contribution in [-0.2, 0) is 22.3 Å². The van der Waals surface area contributed by atoms with E-state index in [0.29, 0.717) is 24.3 Å². The average molecular weight is 471 g/mol. The van der Waals surface area contributed by atoms with Gasteiger partial charge in [-0.25, -0.2) is 0 Å². The molecule has 0 bridgehead atoms. The van der Waals surface area contributed by atoms with Gasteiger partial charge in [0.05, 0.1) is 49.8 Å². The van der Waals surface area contributed by atoms with Crippen LogP contribution in [0, 0.1) is 0 Å². The number of ether oxygens (including phenoxy) is 2. The topological polar surface area (TPSA) is 116 Å². The highest BCUT2D eigenvalue weighted by Crippen LogP contribution is 2.28. The lowest BCUT2D eigenvalue weighted by Crippen LogP contribution is -2.19. The number of phenolic OH excluding ortho intramolecular Hbond substituents is 2. The van der Waals surface area contributed by atoms with Gasteiger partial charge >= 0.3 is 0 Å². The van der Waals surface area contributed by atoms with Crippen molar-refractivity contribution in [2.45, 2.75) is 38.9 Å². The van der Waals surface area contributed by atoms with Gasteiger partial charge in [-0.3, -0.25) is 4.79 Å². The lowest BCUT2D eigenvalue weighted by molar-refractivity contribution is 0.0471. The number of phenols is 2. The minimum Gasteiger partial charge on any atom is -0.507 e. The second kappa shape index (κ2) is 13.1. The van der Waals surface area contributed by atoms with Gasteiger partial charge in [-0.1, -0.05) is 36.4 Å². The number of hydrogen-bond donors (Lipinski definition) is 4. The summed E-state index contributed by atoms with van der Waals surface area (Å²) in [5.41, 5.74) is 3.06. The van der Waals surface area contributed by atoms with E-state index in [1.165, 1.54) is 24.3 Å². The summed E-state index contributed by atoms with van der Waals surface area (Å²) >= 11 is 0. The maximum Gasteiger partial charge on any atom is 0.200 e. The Bertz CT molecular complexity index is 933. The minimum atomic E-state index is -0.765. The number of carbonyl (C=O) groups excluding carboxylic acids is 1. The number of carbonyl (C=O) groups is 1. The molecule has 7 nitrogen and oxygen atoms in total. The molecule has 0 fully saturated rings. The van der Waals surface area contributed by atoms with Crippen LogP contribution < -0.4 is 0 Å². The third-order valence-corrected chi connectivity index (χ3v) is 4.87. The molecule has 0 amide bonds.